The van der Waals surface area contributed by atoms with Crippen molar-refractivity contribution in [2.45, 2.75) is 0 Å². The summed E-state index contributed by atoms with van der Waals surface area (Å²) in [6.45, 7) is 0. The van der Waals surface area contributed by atoms with Gasteiger partial charge in [0.1, 0.15) is 11.5 Å². The van der Waals surface area contributed by atoms with E-state index in [2.05, 4.69) is 38.1 Å². The molecule has 0 atom stereocenters. The molecule has 2 aromatic carbocycles. The molecule has 3 rings (SSSR count). The van der Waals surface area contributed by atoms with Gasteiger partial charge in [-0.05, 0) is 52.9 Å². The molecule has 7 heteroatoms. The monoisotopic (exact) mass is 407 g/mol. The predicted octanol–water partition coefficient (Wildman–Crippen LogP) is 3.35. The molecule has 0 spiro atoms. The van der Waals surface area contributed by atoms with Crippen LogP contribution in [0.5, 0.6) is 0 Å². The normalized spacial score (nSPS) is 10.6. The number of rotatable bonds is 2. The highest BCUT2D eigenvalue weighted by atomic mass is 127. The van der Waals surface area contributed by atoms with Crippen LogP contribution in [0.1, 0.15) is 0 Å². The van der Waals surface area contributed by atoms with E-state index in [1.807, 2.05) is 18.2 Å². The second kappa shape index (κ2) is 5.84. The largest absolute Gasteiger partial charge is 0.370 e. The standard InChI is InChI=1S/C15H11FIN5/c16-9-6-4-8(5-7-9)13-10-2-1-3-11(17)12(10)14(22-21-13)20-15(18)19/h1-7H,(H4,18,19,20,22). The number of hydrogen-bond donors (Lipinski definition) is 3. The first-order chi connectivity index (χ1) is 10.6. The maximum absolute atomic E-state index is 13.1. The van der Waals surface area contributed by atoms with Crippen molar-refractivity contribution in [1.29, 1.82) is 5.41 Å². The summed E-state index contributed by atoms with van der Waals surface area (Å²) in [4.78, 5) is 0. The Labute approximate surface area is 139 Å². The number of hydrogen-bond acceptors (Lipinski definition) is 3. The average molecular weight is 407 g/mol. The molecule has 0 saturated heterocycles. The van der Waals surface area contributed by atoms with Crippen LogP contribution in [0, 0.1) is 14.8 Å². The average Bonchev–Trinajstić information content (AvgIpc) is 2.48. The van der Waals surface area contributed by atoms with Gasteiger partial charge in [-0.1, -0.05) is 12.1 Å². The van der Waals surface area contributed by atoms with E-state index in [0.29, 0.717) is 11.5 Å². The van der Waals surface area contributed by atoms with Crippen LogP contribution in [0.3, 0.4) is 0 Å². The number of anilines is 1. The van der Waals surface area contributed by atoms with E-state index in [0.717, 1.165) is 19.9 Å². The Morgan fingerprint density at radius 2 is 1.86 bits per heavy atom. The highest BCUT2D eigenvalue weighted by Gasteiger charge is 2.13. The molecule has 3 aromatic rings. The zero-order chi connectivity index (χ0) is 15.7. The van der Waals surface area contributed by atoms with Crippen LogP contribution < -0.4 is 11.1 Å². The zero-order valence-electron chi connectivity index (χ0n) is 11.3. The Hall–Kier alpha value is -2.29. The fourth-order valence-electron chi connectivity index (χ4n) is 2.20. The Morgan fingerprint density at radius 1 is 1.14 bits per heavy atom. The molecule has 0 fully saturated rings. The first kappa shape index (κ1) is 14.6. The molecule has 1 aromatic heterocycles. The number of benzene rings is 2. The van der Waals surface area contributed by atoms with Crippen LogP contribution in [0.25, 0.3) is 22.0 Å². The van der Waals surface area contributed by atoms with Gasteiger partial charge in [-0.3, -0.25) is 5.41 Å². The van der Waals surface area contributed by atoms with Gasteiger partial charge in [0.2, 0.25) is 0 Å². The minimum absolute atomic E-state index is 0.204. The molecular formula is C15H11FIN5. The summed E-state index contributed by atoms with van der Waals surface area (Å²) in [6.07, 6.45) is 0. The lowest BCUT2D eigenvalue weighted by atomic mass is 10.0. The van der Waals surface area contributed by atoms with E-state index in [1.54, 1.807) is 12.1 Å². The lowest BCUT2D eigenvalue weighted by molar-refractivity contribution is 0.628. The molecular weight excluding hydrogens is 396 g/mol. The number of halogens is 2. The number of guanidine groups is 1. The van der Waals surface area contributed by atoms with Crippen molar-refractivity contribution in [3.8, 4) is 11.3 Å². The molecule has 0 unspecified atom stereocenters. The summed E-state index contributed by atoms with van der Waals surface area (Å²) in [5.41, 5.74) is 6.82. The van der Waals surface area contributed by atoms with E-state index < -0.39 is 0 Å². The van der Waals surface area contributed by atoms with Gasteiger partial charge < -0.3 is 11.1 Å². The smallest absolute Gasteiger partial charge is 0.191 e. The second-order valence-electron chi connectivity index (χ2n) is 4.61. The molecule has 0 saturated carbocycles. The number of nitrogens with two attached hydrogens (primary N) is 1. The quantitative estimate of drug-likeness (QED) is 0.346. The third-order valence-corrected chi connectivity index (χ3v) is 4.03. The van der Waals surface area contributed by atoms with Gasteiger partial charge in [0.25, 0.3) is 0 Å². The van der Waals surface area contributed by atoms with Crippen LogP contribution in [0.4, 0.5) is 10.2 Å². The Morgan fingerprint density at radius 3 is 2.55 bits per heavy atom. The Kier molecular flexibility index (Phi) is 3.88. The van der Waals surface area contributed by atoms with Crippen molar-refractivity contribution < 1.29 is 4.39 Å². The fourth-order valence-corrected chi connectivity index (χ4v) is 2.96. The summed E-state index contributed by atoms with van der Waals surface area (Å²) >= 11 is 2.19. The highest BCUT2D eigenvalue weighted by molar-refractivity contribution is 14.1. The minimum Gasteiger partial charge on any atom is -0.370 e. The van der Waals surface area contributed by atoms with Crippen molar-refractivity contribution >= 4 is 45.1 Å². The van der Waals surface area contributed by atoms with Gasteiger partial charge in [0, 0.05) is 19.9 Å². The SMILES string of the molecule is N=C(N)Nc1nnc(-c2ccc(F)cc2)c2cccc(I)c12. The number of aromatic nitrogens is 2. The zero-order valence-corrected chi connectivity index (χ0v) is 13.4. The van der Waals surface area contributed by atoms with Crippen molar-refractivity contribution in [3.05, 3.63) is 51.9 Å². The van der Waals surface area contributed by atoms with E-state index in [-0.39, 0.29) is 11.8 Å². The molecule has 0 amide bonds. The summed E-state index contributed by atoms with van der Waals surface area (Å²) in [5.74, 6) is -0.0754. The number of nitrogens with zero attached hydrogens (tertiary/aromatic N) is 2. The van der Waals surface area contributed by atoms with E-state index >= 15 is 0 Å². The van der Waals surface area contributed by atoms with E-state index in [1.165, 1.54) is 12.1 Å². The molecule has 0 aliphatic rings. The first-order valence-electron chi connectivity index (χ1n) is 6.38. The summed E-state index contributed by atoms with van der Waals surface area (Å²) in [7, 11) is 0. The van der Waals surface area contributed by atoms with Crippen molar-refractivity contribution in [1.82, 2.24) is 10.2 Å². The van der Waals surface area contributed by atoms with Crippen molar-refractivity contribution in [2.75, 3.05) is 5.32 Å². The Balaban J connectivity index is 2.27. The summed E-state index contributed by atoms with van der Waals surface area (Å²) < 4.78 is 14.1. The van der Waals surface area contributed by atoms with Gasteiger partial charge in [-0.2, -0.15) is 0 Å². The molecule has 110 valence electrons. The highest BCUT2D eigenvalue weighted by Crippen LogP contribution is 2.32. The van der Waals surface area contributed by atoms with Gasteiger partial charge in [-0.25, -0.2) is 4.39 Å². The van der Waals surface area contributed by atoms with Crippen molar-refractivity contribution in [2.24, 2.45) is 5.73 Å². The maximum Gasteiger partial charge on any atom is 0.191 e. The fraction of sp³-hybridized carbons (Fsp3) is 0. The van der Waals surface area contributed by atoms with Crippen LogP contribution in [0.15, 0.2) is 42.5 Å². The molecule has 5 nitrogen and oxygen atoms in total. The lowest BCUT2D eigenvalue weighted by Crippen LogP contribution is -2.21. The van der Waals surface area contributed by atoms with Crippen LogP contribution in [-0.2, 0) is 0 Å². The molecule has 4 N–H and O–H groups in total. The topological polar surface area (TPSA) is 87.7 Å². The summed E-state index contributed by atoms with van der Waals surface area (Å²) in [5, 5.41) is 20.1. The van der Waals surface area contributed by atoms with Gasteiger partial charge in [0.15, 0.2) is 11.8 Å². The lowest BCUT2D eigenvalue weighted by Gasteiger charge is -2.11. The van der Waals surface area contributed by atoms with Crippen molar-refractivity contribution in [3.63, 3.8) is 0 Å². The van der Waals surface area contributed by atoms with Gasteiger partial charge in [-0.15, -0.1) is 10.2 Å². The van der Waals surface area contributed by atoms with Crippen LogP contribution in [0.2, 0.25) is 0 Å². The molecule has 0 aliphatic heterocycles. The first-order valence-corrected chi connectivity index (χ1v) is 7.46. The van der Waals surface area contributed by atoms with Gasteiger partial charge >= 0.3 is 0 Å². The van der Waals surface area contributed by atoms with Gasteiger partial charge in [0.05, 0.1) is 0 Å². The van der Waals surface area contributed by atoms with E-state index in [4.69, 9.17) is 11.1 Å². The van der Waals surface area contributed by atoms with Crippen LogP contribution in [-0.4, -0.2) is 16.2 Å². The molecule has 1 heterocycles. The number of nitrogens with one attached hydrogen (secondary N) is 2. The Bertz CT molecular complexity index is 864. The predicted molar refractivity (Wildman–Crippen MR) is 93.2 cm³/mol. The summed E-state index contributed by atoms with van der Waals surface area (Å²) in [6, 6.07) is 11.9. The second-order valence-corrected chi connectivity index (χ2v) is 5.77. The third kappa shape index (κ3) is 2.71. The molecule has 0 radical (unpaired) electrons. The van der Waals surface area contributed by atoms with E-state index in [9.17, 15) is 4.39 Å². The minimum atomic E-state index is -0.300. The molecule has 0 aliphatic carbocycles. The molecule has 22 heavy (non-hydrogen) atoms. The van der Waals surface area contributed by atoms with Crippen LogP contribution >= 0.6 is 22.6 Å². The molecule has 0 bridgehead atoms. The third-order valence-electron chi connectivity index (χ3n) is 3.13. The number of fused-ring (bicyclic) bond motifs is 1. The maximum atomic E-state index is 13.1.